The minimum absolute atomic E-state index is 0.660. The summed E-state index contributed by atoms with van der Waals surface area (Å²) < 4.78 is 0. The summed E-state index contributed by atoms with van der Waals surface area (Å²) in [5.41, 5.74) is 6.09. The van der Waals surface area contributed by atoms with Crippen LogP contribution in [-0.2, 0) is 12.3 Å². The maximum Gasteiger partial charge on any atom is -0.00927 e. The maximum atomic E-state index is 2.65. The zero-order chi connectivity index (χ0) is 23.5. The van der Waals surface area contributed by atoms with Gasteiger partial charge < -0.3 is 0 Å². The van der Waals surface area contributed by atoms with Crippen LogP contribution >= 0.6 is 17.2 Å². The zero-order valence-corrected chi connectivity index (χ0v) is 24.4. The number of hydrogen-bond donors (Lipinski definition) is 0. The molecule has 1 aromatic rings. The predicted octanol–water partition coefficient (Wildman–Crippen LogP) is 9.54. The van der Waals surface area contributed by atoms with Gasteiger partial charge in [-0.15, -0.1) is 17.2 Å². The normalized spacial score (nSPS) is 53.2. The molecule has 8 aliphatic rings. The van der Waals surface area contributed by atoms with Gasteiger partial charge in [0.15, 0.2) is 0 Å². The molecule has 6 unspecified atom stereocenters. The Morgan fingerprint density at radius 1 is 0.559 bits per heavy atom. The van der Waals surface area contributed by atoms with Gasteiger partial charge in [-0.3, -0.25) is 0 Å². The summed E-state index contributed by atoms with van der Waals surface area (Å²) in [6, 6.07) is 9.70. The molecule has 0 aliphatic heterocycles. The molecular weight excluding hydrogens is 446 g/mol. The molecule has 0 nitrogen and oxygen atoms in total. The molecule has 0 amide bonds. The van der Waals surface area contributed by atoms with Gasteiger partial charge in [0.2, 0.25) is 0 Å². The zero-order valence-electron chi connectivity index (χ0n) is 22.4. The summed E-state index contributed by atoms with van der Waals surface area (Å²) in [5, 5.41) is 1.36. The van der Waals surface area contributed by atoms with Crippen LogP contribution in [0.15, 0.2) is 24.3 Å². The molecule has 186 valence electrons. The fourth-order valence-corrected chi connectivity index (χ4v) is 17.7. The lowest BCUT2D eigenvalue weighted by molar-refractivity contribution is -0.0792. The molecule has 0 radical (unpaired) electrons. The third-order valence-corrected chi connectivity index (χ3v) is 15.4. The molecule has 0 spiro atoms. The van der Waals surface area contributed by atoms with Gasteiger partial charge in [-0.1, -0.05) is 52.0 Å². The van der Waals surface area contributed by atoms with Crippen molar-refractivity contribution in [2.45, 2.75) is 127 Å². The smallest absolute Gasteiger partial charge is 0.00927 e. The Morgan fingerprint density at radius 3 is 1.24 bits per heavy atom. The lowest BCUT2D eigenvalue weighted by atomic mass is 9.45. The van der Waals surface area contributed by atoms with Crippen molar-refractivity contribution in [2.75, 3.05) is 0 Å². The largest absolute Gasteiger partial charge is 0.111 e. The number of rotatable bonds is 6. The summed E-state index contributed by atoms with van der Waals surface area (Å²) in [4.78, 5) is 0. The third kappa shape index (κ3) is 3.91. The minimum Gasteiger partial charge on any atom is -0.111 e. The highest BCUT2D eigenvalue weighted by atomic mass is 31.1. The number of benzene rings is 1. The lowest BCUT2D eigenvalue weighted by Crippen LogP contribution is -2.56. The van der Waals surface area contributed by atoms with Crippen LogP contribution < -0.4 is 0 Å². The van der Waals surface area contributed by atoms with E-state index in [1.54, 1.807) is 24.0 Å². The van der Waals surface area contributed by atoms with E-state index in [2.05, 4.69) is 52.0 Å². The quantitative estimate of drug-likeness (QED) is 0.345. The van der Waals surface area contributed by atoms with Crippen LogP contribution in [0.4, 0.5) is 0 Å². The molecule has 8 bridgehead atoms. The highest BCUT2D eigenvalue weighted by molar-refractivity contribution is 7.39. The standard InChI is InChI=1S/C32H48P2/c1-27-9-23-10-28(2,17-27)20-31(13-23,19-27)33-15-25-7-5-6-8-26(25)16-34-32-14-24-11-29(3,21-32)18-30(4,12-24)22-32/h5-8,23-24,33-34H,9-22H2,1-4H3. The topological polar surface area (TPSA) is 0 Å². The average Bonchev–Trinajstić information content (AvgIpc) is 2.66. The summed E-state index contributed by atoms with van der Waals surface area (Å²) >= 11 is 0. The van der Waals surface area contributed by atoms with E-state index in [1.807, 2.05) is 0 Å². The van der Waals surface area contributed by atoms with Gasteiger partial charge >= 0.3 is 0 Å². The first kappa shape index (κ1) is 23.2. The lowest BCUT2D eigenvalue weighted by Gasteiger charge is -2.65. The summed E-state index contributed by atoms with van der Waals surface area (Å²) in [7, 11) is 2.29. The molecule has 8 saturated carbocycles. The van der Waals surface area contributed by atoms with Gasteiger partial charge in [0, 0.05) is 0 Å². The molecular formula is C32H48P2. The summed E-state index contributed by atoms with van der Waals surface area (Å²) in [6.07, 6.45) is 21.2. The average molecular weight is 495 g/mol. The van der Waals surface area contributed by atoms with Gasteiger partial charge in [0.05, 0.1) is 0 Å². The Morgan fingerprint density at radius 2 is 0.912 bits per heavy atom. The Balaban J connectivity index is 1.07. The van der Waals surface area contributed by atoms with E-state index in [9.17, 15) is 0 Å². The molecule has 1 aromatic carbocycles. The molecule has 0 aromatic heterocycles. The molecule has 8 aliphatic carbocycles. The number of hydrogen-bond acceptors (Lipinski definition) is 0. The molecule has 0 saturated heterocycles. The van der Waals surface area contributed by atoms with Gasteiger partial charge in [0.25, 0.3) is 0 Å². The van der Waals surface area contributed by atoms with E-state index in [4.69, 9.17) is 0 Å². The van der Waals surface area contributed by atoms with Crippen LogP contribution in [0.5, 0.6) is 0 Å². The molecule has 0 N–H and O–H groups in total. The summed E-state index contributed by atoms with van der Waals surface area (Å²) in [6.45, 7) is 10.6. The van der Waals surface area contributed by atoms with Crippen LogP contribution in [-0.4, -0.2) is 10.3 Å². The highest BCUT2D eigenvalue weighted by Gasteiger charge is 2.61. The monoisotopic (exact) mass is 494 g/mol. The van der Waals surface area contributed by atoms with E-state index < -0.39 is 0 Å². The van der Waals surface area contributed by atoms with Crippen molar-refractivity contribution in [3.63, 3.8) is 0 Å². The van der Waals surface area contributed by atoms with E-state index >= 15 is 0 Å². The Kier molecular flexibility index (Phi) is 5.02. The van der Waals surface area contributed by atoms with E-state index in [0.29, 0.717) is 32.0 Å². The molecule has 6 atom stereocenters. The van der Waals surface area contributed by atoms with Gasteiger partial charge in [0.1, 0.15) is 0 Å². The third-order valence-electron chi connectivity index (χ3n) is 11.7. The second-order valence-corrected chi connectivity index (χ2v) is 19.8. The first-order chi connectivity index (χ1) is 16.0. The van der Waals surface area contributed by atoms with Crippen LogP contribution in [0.1, 0.15) is 116 Å². The van der Waals surface area contributed by atoms with E-state index in [0.717, 1.165) is 29.0 Å². The first-order valence-corrected chi connectivity index (χ1v) is 17.0. The van der Waals surface area contributed by atoms with Crippen LogP contribution in [0.3, 0.4) is 0 Å². The van der Waals surface area contributed by atoms with Crippen molar-refractivity contribution >= 4 is 17.2 Å². The second-order valence-electron chi connectivity index (χ2n) is 16.3. The molecule has 2 heteroatoms. The van der Waals surface area contributed by atoms with Crippen LogP contribution in [0.25, 0.3) is 0 Å². The molecule has 34 heavy (non-hydrogen) atoms. The van der Waals surface area contributed by atoms with E-state index in [1.165, 1.54) is 76.5 Å². The Hall–Kier alpha value is 0.0800. The maximum absolute atomic E-state index is 2.65. The van der Waals surface area contributed by atoms with Crippen molar-refractivity contribution in [1.82, 2.24) is 0 Å². The highest BCUT2D eigenvalue weighted by Crippen LogP contribution is 2.72. The summed E-state index contributed by atoms with van der Waals surface area (Å²) in [5.74, 6) is 2.07. The van der Waals surface area contributed by atoms with Gasteiger partial charge in [-0.05, 0) is 144 Å². The molecule has 0 heterocycles. The fraction of sp³-hybridized carbons (Fsp3) is 0.812. The Labute approximate surface area is 213 Å². The van der Waals surface area contributed by atoms with Crippen molar-refractivity contribution < 1.29 is 0 Å². The minimum atomic E-state index is 0.660. The van der Waals surface area contributed by atoms with Crippen LogP contribution in [0, 0.1) is 33.5 Å². The van der Waals surface area contributed by atoms with Crippen molar-refractivity contribution in [2.24, 2.45) is 33.5 Å². The van der Waals surface area contributed by atoms with Crippen LogP contribution in [0.2, 0.25) is 0 Å². The Bertz CT molecular complexity index is 879. The molecule has 8 fully saturated rings. The molecule has 9 rings (SSSR count). The van der Waals surface area contributed by atoms with Crippen molar-refractivity contribution in [1.29, 1.82) is 0 Å². The predicted molar refractivity (Wildman–Crippen MR) is 151 cm³/mol. The van der Waals surface area contributed by atoms with Crippen molar-refractivity contribution in [3.8, 4) is 0 Å². The fourth-order valence-electron chi connectivity index (χ4n) is 12.8. The first-order valence-electron chi connectivity index (χ1n) is 14.6. The second kappa shape index (κ2) is 7.35. The van der Waals surface area contributed by atoms with Gasteiger partial charge in [-0.2, -0.15) is 0 Å². The van der Waals surface area contributed by atoms with E-state index in [-0.39, 0.29) is 0 Å². The van der Waals surface area contributed by atoms with Gasteiger partial charge in [-0.25, -0.2) is 0 Å². The SMILES string of the molecule is CC12CC3CC(C)(C1)CC(PCc1ccccc1CPC14CC5CC(C)(CC(C)(C5)C1)C4)(C3)C2. The van der Waals surface area contributed by atoms with Crippen molar-refractivity contribution in [3.05, 3.63) is 35.4 Å².